The van der Waals surface area contributed by atoms with Crippen molar-refractivity contribution < 1.29 is 22.6 Å². The molecule has 0 fully saturated rings. The average Bonchev–Trinajstić information content (AvgIpc) is 2.58. The molecule has 0 saturated heterocycles. The highest BCUT2D eigenvalue weighted by Crippen LogP contribution is 2.37. The minimum absolute atomic E-state index is 0.0364. The van der Waals surface area contributed by atoms with E-state index in [1.807, 2.05) is 0 Å². The molecule has 0 spiro atoms. The van der Waals surface area contributed by atoms with Crippen molar-refractivity contribution >= 4 is 31.9 Å². The summed E-state index contributed by atoms with van der Waals surface area (Å²) in [6.07, 6.45) is -4.52. The van der Waals surface area contributed by atoms with Gasteiger partial charge in [-0.25, -0.2) is 0 Å². The van der Waals surface area contributed by atoms with Crippen molar-refractivity contribution in [2.24, 2.45) is 0 Å². The highest BCUT2D eigenvalue weighted by atomic mass is 79.9. The normalized spacial score (nSPS) is 11.3. The largest absolute Gasteiger partial charge is 0.457 e. The molecule has 0 unspecified atom stereocenters. The number of ether oxygens (including phenoxy) is 2. The molecule has 3 rings (SSSR count). The number of halogens is 5. The predicted molar refractivity (Wildman–Crippen MR) is 99.9 cm³/mol. The average molecular weight is 488 g/mol. The summed E-state index contributed by atoms with van der Waals surface area (Å²) in [5.74, 6) is 0.910. The van der Waals surface area contributed by atoms with E-state index in [-0.39, 0.29) is 11.5 Å². The van der Waals surface area contributed by atoms with Crippen molar-refractivity contribution in [2.75, 3.05) is 0 Å². The number of hydrogen-bond acceptors (Lipinski definition) is 2. The summed E-state index contributed by atoms with van der Waals surface area (Å²) >= 11 is 6.59. The lowest BCUT2D eigenvalue weighted by Gasteiger charge is -2.14. The third-order valence-corrected chi connectivity index (χ3v) is 4.36. The Bertz CT molecular complexity index is 826. The van der Waals surface area contributed by atoms with Crippen LogP contribution in [0.3, 0.4) is 0 Å². The molecule has 0 aliphatic carbocycles. The van der Waals surface area contributed by atoms with Gasteiger partial charge in [-0.15, -0.1) is 0 Å². The predicted octanol–water partition coefficient (Wildman–Crippen LogP) is 7.82. The standard InChI is InChI=1S/C19H11Br2F3O2/c20-13-1-5-15(6-2-13)25-17-9-12(19(22,23)24)10-18(11-17)26-16-7-3-14(21)4-8-16/h1-11H. The lowest BCUT2D eigenvalue weighted by Crippen LogP contribution is -2.05. The molecule has 0 N–H and O–H groups in total. The maximum absolute atomic E-state index is 13.2. The molecule has 0 atom stereocenters. The molecule has 0 heterocycles. The van der Waals surface area contributed by atoms with Crippen molar-refractivity contribution in [2.45, 2.75) is 6.18 Å². The van der Waals surface area contributed by atoms with Gasteiger partial charge in [-0.3, -0.25) is 0 Å². The Kier molecular flexibility index (Phi) is 5.58. The topological polar surface area (TPSA) is 18.5 Å². The van der Waals surface area contributed by atoms with E-state index < -0.39 is 11.7 Å². The van der Waals surface area contributed by atoms with Crippen molar-refractivity contribution in [3.05, 3.63) is 81.2 Å². The van der Waals surface area contributed by atoms with Gasteiger partial charge in [-0.2, -0.15) is 13.2 Å². The third kappa shape index (κ3) is 5.02. The van der Waals surface area contributed by atoms with Crippen LogP contribution in [0.5, 0.6) is 23.0 Å². The molecule has 7 heteroatoms. The van der Waals surface area contributed by atoms with Crippen LogP contribution in [0.2, 0.25) is 0 Å². The van der Waals surface area contributed by atoms with Gasteiger partial charge in [0.2, 0.25) is 0 Å². The molecule has 0 radical (unpaired) electrons. The van der Waals surface area contributed by atoms with E-state index in [0.717, 1.165) is 21.1 Å². The number of benzene rings is 3. The van der Waals surface area contributed by atoms with Crippen LogP contribution in [-0.4, -0.2) is 0 Å². The molecule has 134 valence electrons. The van der Waals surface area contributed by atoms with Gasteiger partial charge in [0.25, 0.3) is 0 Å². The second-order valence-corrected chi connectivity index (χ2v) is 7.13. The van der Waals surface area contributed by atoms with E-state index in [1.165, 1.54) is 6.07 Å². The minimum atomic E-state index is -4.52. The van der Waals surface area contributed by atoms with Gasteiger partial charge in [-0.1, -0.05) is 31.9 Å². The van der Waals surface area contributed by atoms with Crippen molar-refractivity contribution in [3.8, 4) is 23.0 Å². The van der Waals surface area contributed by atoms with E-state index in [4.69, 9.17) is 9.47 Å². The zero-order valence-corrected chi connectivity index (χ0v) is 16.2. The summed E-state index contributed by atoms with van der Waals surface area (Å²) in [4.78, 5) is 0. The monoisotopic (exact) mass is 486 g/mol. The second-order valence-electron chi connectivity index (χ2n) is 5.30. The highest BCUT2D eigenvalue weighted by Gasteiger charge is 2.32. The van der Waals surface area contributed by atoms with E-state index in [0.29, 0.717) is 11.5 Å². The SMILES string of the molecule is FC(F)(F)c1cc(Oc2ccc(Br)cc2)cc(Oc2ccc(Br)cc2)c1. The van der Waals surface area contributed by atoms with E-state index in [2.05, 4.69) is 31.9 Å². The number of rotatable bonds is 4. The van der Waals surface area contributed by atoms with Crippen LogP contribution in [0.4, 0.5) is 13.2 Å². The van der Waals surface area contributed by atoms with Gasteiger partial charge in [0.15, 0.2) is 0 Å². The summed E-state index contributed by atoms with van der Waals surface area (Å²) in [6.45, 7) is 0. The Balaban J connectivity index is 1.93. The molecular formula is C19H11Br2F3O2. The summed E-state index contributed by atoms with van der Waals surface area (Å²) in [5.41, 5.74) is -0.848. The fraction of sp³-hybridized carbons (Fsp3) is 0.0526. The zero-order chi connectivity index (χ0) is 18.7. The third-order valence-electron chi connectivity index (χ3n) is 3.31. The fourth-order valence-electron chi connectivity index (χ4n) is 2.13. The molecule has 0 amide bonds. The van der Waals surface area contributed by atoms with Gasteiger partial charge in [0.1, 0.15) is 23.0 Å². The zero-order valence-electron chi connectivity index (χ0n) is 13.1. The summed E-state index contributed by atoms with van der Waals surface area (Å²) in [6, 6.07) is 16.9. The van der Waals surface area contributed by atoms with Crippen LogP contribution in [0.15, 0.2) is 75.7 Å². The van der Waals surface area contributed by atoms with Crippen LogP contribution in [-0.2, 0) is 6.18 Å². The van der Waals surface area contributed by atoms with Crippen molar-refractivity contribution in [1.29, 1.82) is 0 Å². The molecule has 3 aromatic carbocycles. The van der Waals surface area contributed by atoms with Gasteiger partial charge < -0.3 is 9.47 Å². The van der Waals surface area contributed by atoms with Gasteiger partial charge in [0, 0.05) is 15.0 Å². The minimum Gasteiger partial charge on any atom is -0.457 e. The first-order valence-electron chi connectivity index (χ1n) is 7.39. The molecular weight excluding hydrogens is 477 g/mol. The lowest BCUT2D eigenvalue weighted by atomic mass is 10.2. The summed E-state index contributed by atoms with van der Waals surface area (Å²) < 4.78 is 52.4. The van der Waals surface area contributed by atoms with Gasteiger partial charge in [-0.05, 0) is 60.7 Å². The first-order valence-corrected chi connectivity index (χ1v) is 8.97. The van der Waals surface area contributed by atoms with Crippen molar-refractivity contribution in [1.82, 2.24) is 0 Å². The Morgan fingerprint density at radius 1 is 0.577 bits per heavy atom. The maximum atomic E-state index is 13.2. The van der Waals surface area contributed by atoms with Crippen LogP contribution >= 0.6 is 31.9 Å². The molecule has 0 saturated carbocycles. The maximum Gasteiger partial charge on any atom is 0.416 e. The lowest BCUT2D eigenvalue weighted by molar-refractivity contribution is -0.137. The Morgan fingerprint density at radius 3 is 1.31 bits per heavy atom. The van der Waals surface area contributed by atoms with Crippen LogP contribution in [0.25, 0.3) is 0 Å². The molecule has 0 bridgehead atoms. The smallest absolute Gasteiger partial charge is 0.416 e. The molecule has 26 heavy (non-hydrogen) atoms. The molecule has 3 aromatic rings. The first-order chi connectivity index (χ1) is 12.3. The van der Waals surface area contributed by atoms with E-state index in [1.54, 1.807) is 48.5 Å². The second kappa shape index (κ2) is 7.72. The molecule has 2 nitrogen and oxygen atoms in total. The Hall–Kier alpha value is -1.99. The van der Waals surface area contributed by atoms with E-state index >= 15 is 0 Å². The highest BCUT2D eigenvalue weighted by molar-refractivity contribution is 9.10. The molecule has 0 aliphatic rings. The fourth-order valence-corrected chi connectivity index (χ4v) is 2.66. The molecule has 0 aliphatic heterocycles. The summed E-state index contributed by atoms with van der Waals surface area (Å²) in [7, 11) is 0. The number of alkyl halides is 3. The van der Waals surface area contributed by atoms with E-state index in [9.17, 15) is 13.2 Å². The van der Waals surface area contributed by atoms with Crippen molar-refractivity contribution in [3.63, 3.8) is 0 Å². The summed E-state index contributed by atoms with van der Waals surface area (Å²) in [5, 5.41) is 0. The van der Waals surface area contributed by atoms with Gasteiger partial charge >= 0.3 is 6.18 Å². The quantitative estimate of drug-likeness (QED) is 0.373. The Morgan fingerprint density at radius 2 is 0.962 bits per heavy atom. The number of hydrogen-bond donors (Lipinski definition) is 0. The Labute approximate surface area is 164 Å². The van der Waals surface area contributed by atoms with Crippen LogP contribution in [0.1, 0.15) is 5.56 Å². The van der Waals surface area contributed by atoms with Crippen LogP contribution < -0.4 is 9.47 Å². The first kappa shape index (κ1) is 18.8. The van der Waals surface area contributed by atoms with Crippen LogP contribution in [0, 0.1) is 0 Å². The van der Waals surface area contributed by atoms with Gasteiger partial charge in [0.05, 0.1) is 5.56 Å². The molecule has 0 aromatic heterocycles.